The Hall–Kier alpha value is -9.12. The van der Waals surface area contributed by atoms with Crippen LogP contribution in [-0.4, -0.2) is 19.9 Å². The van der Waals surface area contributed by atoms with E-state index in [0.29, 0.717) is 11.7 Å². The van der Waals surface area contributed by atoms with Gasteiger partial charge in [0, 0.05) is 38.8 Å². The van der Waals surface area contributed by atoms with E-state index in [2.05, 4.69) is 250 Å². The smallest absolute Gasteiger partial charge is 0.160 e. The summed E-state index contributed by atoms with van der Waals surface area (Å²) in [7, 11) is 0. The summed E-state index contributed by atoms with van der Waals surface area (Å²) in [6, 6.07) is 83.4. The molecule has 1 atom stereocenters. The lowest BCUT2D eigenvalue weighted by Gasteiger charge is -2.17. The monoisotopic (exact) mass is 908 g/mol. The molecule has 0 bridgehead atoms. The minimum absolute atomic E-state index is 0.458. The summed E-state index contributed by atoms with van der Waals surface area (Å²) < 4.78 is 0. The van der Waals surface area contributed by atoms with Gasteiger partial charge in [0.2, 0.25) is 0 Å². The Balaban J connectivity index is 1.00. The molecule has 3 heterocycles. The van der Waals surface area contributed by atoms with Crippen molar-refractivity contribution < 1.29 is 0 Å². The Labute approximate surface area is 415 Å². The lowest BCUT2D eigenvalue weighted by molar-refractivity contribution is 0.747. The van der Waals surface area contributed by atoms with Crippen molar-refractivity contribution in [3.05, 3.63) is 261 Å². The fraction of sp³-hybridized carbons (Fsp3) is 0.0448. The van der Waals surface area contributed by atoms with E-state index in [1.54, 1.807) is 0 Å². The molecule has 0 fully saturated rings. The fourth-order valence-corrected chi connectivity index (χ4v) is 9.71. The zero-order chi connectivity index (χ0) is 47.5. The van der Waals surface area contributed by atoms with Crippen molar-refractivity contribution in [1.82, 2.24) is 19.9 Å². The lowest BCUT2D eigenvalue weighted by atomic mass is 9.92. The van der Waals surface area contributed by atoms with Crippen LogP contribution in [-0.2, 0) is 0 Å². The van der Waals surface area contributed by atoms with Gasteiger partial charge in [0.25, 0.3) is 0 Å². The van der Waals surface area contributed by atoms with E-state index >= 15 is 0 Å². The minimum Gasteiger partial charge on any atom is -0.248 e. The maximum Gasteiger partial charge on any atom is 0.160 e. The quantitative estimate of drug-likeness (QED) is 0.137. The van der Waals surface area contributed by atoms with Crippen molar-refractivity contribution in [1.29, 1.82) is 0 Å². The van der Waals surface area contributed by atoms with E-state index in [1.165, 1.54) is 11.1 Å². The van der Waals surface area contributed by atoms with Gasteiger partial charge in [0.15, 0.2) is 5.82 Å². The molecule has 4 nitrogen and oxygen atoms in total. The summed E-state index contributed by atoms with van der Waals surface area (Å²) >= 11 is 0. The zero-order valence-corrected chi connectivity index (χ0v) is 39.3. The van der Waals surface area contributed by atoms with Gasteiger partial charge in [0.05, 0.1) is 34.0 Å². The van der Waals surface area contributed by atoms with Crippen LogP contribution >= 0.6 is 0 Å². The van der Waals surface area contributed by atoms with Crippen molar-refractivity contribution in [2.24, 2.45) is 5.92 Å². The Kier molecular flexibility index (Phi) is 11.6. The number of hydrogen-bond donors (Lipinski definition) is 0. The summed E-state index contributed by atoms with van der Waals surface area (Å²) in [5.41, 5.74) is 20.8. The third-order valence-electron chi connectivity index (χ3n) is 13.4. The van der Waals surface area contributed by atoms with Gasteiger partial charge in [-0.2, -0.15) is 0 Å². The third kappa shape index (κ3) is 9.03. The zero-order valence-electron chi connectivity index (χ0n) is 39.3. The summed E-state index contributed by atoms with van der Waals surface area (Å²) in [5.74, 6) is 1.11. The summed E-state index contributed by atoms with van der Waals surface area (Å²) in [5, 5.41) is 0.982. The van der Waals surface area contributed by atoms with E-state index in [1.807, 2.05) is 12.1 Å². The maximum absolute atomic E-state index is 5.51. The predicted molar refractivity (Wildman–Crippen MR) is 295 cm³/mol. The SMILES string of the molecule is CC1C=CC=C(c2cc(-c3ccccc3)cc(-c3ccc(-c4nc(-c5ccc(-c6cc(-c7ccccc7)nc(-c7ccccc7)c6)cc5)c5cc(-c6ccccc6)cc(-c6ccccc6)c5n4)cc3)n2)C1. The van der Waals surface area contributed by atoms with Gasteiger partial charge in [-0.15, -0.1) is 0 Å². The molecule has 3 aromatic heterocycles. The van der Waals surface area contributed by atoms with Crippen molar-refractivity contribution in [3.8, 4) is 101 Å². The van der Waals surface area contributed by atoms with Crippen molar-refractivity contribution in [2.45, 2.75) is 13.3 Å². The van der Waals surface area contributed by atoms with Crippen LogP contribution < -0.4 is 0 Å². The molecule has 0 N–H and O–H groups in total. The molecule has 12 rings (SSSR count). The molecule has 11 aromatic rings. The van der Waals surface area contributed by atoms with Gasteiger partial charge in [-0.3, -0.25) is 0 Å². The molecule has 1 aliphatic carbocycles. The minimum atomic E-state index is 0.458. The number of aromatic nitrogens is 4. The first kappa shape index (κ1) is 43.2. The molecule has 0 amide bonds. The molecule has 8 aromatic carbocycles. The molecule has 71 heavy (non-hydrogen) atoms. The molecule has 336 valence electrons. The van der Waals surface area contributed by atoms with Gasteiger partial charge >= 0.3 is 0 Å². The highest BCUT2D eigenvalue weighted by atomic mass is 14.9. The highest BCUT2D eigenvalue weighted by molar-refractivity contribution is 6.04. The number of rotatable bonds is 10. The average Bonchev–Trinajstić information content (AvgIpc) is 3.45. The topological polar surface area (TPSA) is 51.6 Å². The molecule has 4 heteroatoms. The van der Waals surface area contributed by atoms with E-state index in [-0.39, 0.29) is 0 Å². The fourth-order valence-electron chi connectivity index (χ4n) is 9.71. The molecule has 1 aliphatic rings. The Morgan fingerprint density at radius 3 is 1.28 bits per heavy atom. The summed E-state index contributed by atoms with van der Waals surface area (Å²) in [6.07, 6.45) is 7.59. The van der Waals surface area contributed by atoms with Gasteiger partial charge in [0.1, 0.15) is 0 Å². The van der Waals surface area contributed by atoms with Gasteiger partial charge in [-0.05, 0) is 93.3 Å². The highest BCUT2D eigenvalue weighted by Gasteiger charge is 2.20. The first-order chi connectivity index (χ1) is 35.1. The number of fused-ring (bicyclic) bond motifs is 1. The molecule has 0 radical (unpaired) electrons. The van der Waals surface area contributed by atoms with Crippen LogP contribution in [0, 0.1) is 5.92 Å². The van der Waals surface area contributed by atoms with E-state index in [9.17, 15) is 0 Å². The predicted octanol–water partition coefficient (Wildman–Crippen LogP) is 17.4. The van der Waals surface area contributed by atoms with Crippen LogP contribution in [0.3, 0.4) is 0 Å². The first-order valence-corrected chi connectivity index (χ1v) is 24.3. The molecule has 0 aliphatic heterocycles. The van der Waals surface area contributed by atoms with Crippen molar-refractivity contribution in [2.75, 3.05) is 0 Å². The van der Waals surface area contributed by atoms with E-state index in [0.717, 1.165) is 113 Å². The Morgan fingerprint density at radius 2 is 0.746 bits per heavy atom. The largest absolute Gasteiger partial charge is 0.248 e. The third-order valence-corrected chi connectivity index (χ3v) is 13.4. The molecular weight excluding hydrogens is 861 g/mol. The molecule has 0 spiro atoms. The summed E-state index contributed by atoms with van der Waals surface area (Å²) in [4.78, 5) is 21.4. The first-order valence-electron chi connectivity index (χ1n) is 24.3. The van der Waals surface area contributed by atoms with Crippen LogP contribution in [0.1, 0.15) is 19.0 Å². The number of pyridine rings is 2. The lowest BCUT2D eigenvalue weighted by Crippen LogP contribution is -2.01. The van der Waals surface area contributed by atoms with Crippen LogP contribution in [0.4, 0.5) is 0 Å². The van der Waals surface area contributed by atoms with Crippen LogP contribution in [0.25, 0.3) is 117 Å². The highest BCUT2D eigenvalue weighted by Crippen LogP contribution is 2.40. The molecule has 0 saturated heterocycles. The van der Waals surface area contributed by atoms with Crippen LogP contribution in [0.15, 0.2) is 255 Å². The van der Waals surface area contributed by atoms with Crippen molar-refractivity contribution in [3.63, 3.8) is 0 Å². The maximum atomic E-state index is 5.51. The Morgan fingerprint density at radius 1 is 0.338 bits per heavy atom. The number of nitrogens with zero attached hydrogens (tertiary/aromatic N) is 4. The number of hydrogen-bond acceptors (Lipinski definition) is 4. The van der Waals surface area contributed by atoms with Crippen molar-refractivity contribution >= 4 is 16.5 Å². The molecule has 1 unspecified atom stereocenters. The Bertz CT molecular complexity index is 3680. The normalized spacial score (nSPS) is 13.3. The second-order valence-corrected chi connectivity index (χ2v) is 18.3. The molecular formula is C67H48N4. The van der Waals surface area contributed by atoms with E-state index in [4.69, 9.17) is 19.9 Å². The van der Waals surface area contributed by atoms with Gasteiger partial charge < -0.3 is 0 Å². The standard InChI is InChI=1S/C67H48N4/c1-45-18-17-29-55(38-45)64-44-57(47-21-9-3-10-22-47)41-63(69-64)52-32-36-54(37-33-52)67-70-65(60-40-56(46-19-7-2-8-20-46)39-59(66(60)71-67)49-23-11-4-12-24-49)53-34-30-48(31-35-53)58-42-61(50-25-13-5-14-26-50)68-62(43-58)51-27-15-6-16-28-51/h2-37,39-45H,38H2,1H3. The number of benzene rings is 8. The second-order valence-electron chi connectivity index (χ2n) is 18.3. The number of allylic oxidation sites excluding steroid dienone is 4. The van der Waals surface area contributed by atoms with E-state index < -0.39 is 0 Å². The van der Waals surface area contributed by atoms with Gasteiger partial charge in [-0.1, -0.05) is 225 Å². The molecule has 0 saturated carbocycles. The summed E-state index contributed by atoms with van der Waals surface area (Å²) in [6.45, 7) is 2.26. The average molecular weight is 909 g/mol. The second kappa shape index (κ2) is 19.1. The van der Waals surface area contributed by atoms with Crippen LogP contribution in [0.2, 0.25) is 0 Å². The van der Waals surface area contributed by atoms with Gasteiger partial charge in [-0.25, -0.2) is 19.9 Å². The van der Waals surface area contributed by atoms with Crippen LogP contribution in [0.5, 0.6) is 0 Å².